The van der Waals surface area contributed by atoms with Gasteiger partial charge in [0.15, 0.2) is 0 Å². The number of hydrogen-bond acceptors (Lipinski definition) is 4. The van der Waals surface area contributed by atoms with Crippen LogP contribution in [0.5, 0.6) is 0 Å². The molecular weight excluding hydrogens is 289 g/mol. The van der Waals surface area contributed by atoms with E-state index >= 15 is 0 Å². The van der Waals surface area contributed by atoms with Crippen molar-refractivity contribution in [1.82, 2.24) is 14.8 Å². The minimum Gasteiger partial charge on any atom is -0.357 e. The monoisotopic (exact) mass is 302 g/mol. The average molecular weight is 302 g/mol. The first-order valence-corrected chi connectivity index (χ1v) is 6.21. The molecule has 0 aliphatic rings. The lowest BCUT2D eigenvalue weighted by Crippen LogP contribution is -2.09. The summed E-state index contributed by atoms with van der Waals surface area (Å²) >= 11 is 4.29. The summed E-state index contributed by atoms with van der Waals surface area (Å²) < 4.78 is 39.2. The van der Waals surface area contributed by atoms with E-state index < -0.39 is 12.0 Å². The van der Waals surface area contributed by atoms with Crippen molar-refractivity contribution in [1.29, 1.82) is 0 Å². The molecule has 0 fully saturated rings. The van der Waals surface area contributed by atoms with Gasteiger partial charge in [-0.05, 0) is 31.0 Å². The van der Waals surface area contributed by atoms with E-state index in [1.54, 1.807) is 13.0 Å². The molecule has 108 valence electrons. The van der Waals surface area contributed by atoms with Crippen molar-refractivity contribution in [2.24, 2.45) is 0 Å². The lowest BCUT2D eigenvalue weighted by molar-refractivity contribution is -0.144. The Hall–Kier alpha value is -1.70. The molecule has 0 saturated heterocycles. The molecule has 1 aromatic heterocycles. The predicted octanol–water partition coefficient (Wildman–Crippen LogP) is 3.23. The summed E-state index contributed by atoms with van der Waals surface area (Å²) in [6.07, 6.45) is -4.58. The standard InChI is InChI=1S/C12H13F3N4S/c1-6-4-7(2)9(20)5-8(6)19-11(16-3)17-10(18-19)12(13,14)15/h4-5,20H,1-3H3,(H,16,17,18). The fraction of sp³-hybridized carbons (Fsp3) is 0.333. The van der Waals surface area contributed by atoms with Gasteiger partial charge in [0.05, 0.1) is 5.69 Å². The van der Waals surface area contributed by atoms with E-state index in [0.717, 1.165) is 15.8 Å². The Labute approximate surface area is 119 Å². The van der Waals surface area contributed by atoms with E-state index in [0.29, 0.717) is 10.6 Å². The van der Waals surface area contributed by atoms with Gasteiger partial charge in [-0.2, -0.15) is 22.8 Å². The van der Waals surface area contributed by atoms with Gasteiger partial charge in [-0.25, -0.2) is 0 Å². The van der Waals surface area contributed by atoms with Crippen LogP contribution in [0.4, 0.5) is 19.1 Å². The van der Waals surface area contributed by atoms with Gasteiger partial charge in [0.25, 0.3) is 5.82 Å². The molecule has 2 aromatic rings. The highest BCUT2D eigenvalue weighted by Gasteiger charge is 2.37. The maximum absolute atomic E-state index is 12.7. The number of nitrogens with zero attached hydrogens (tertiary/aromatic N) is 3. The minimum atomic E-state index is -4.58. The van der Waals surface area contributed by atoms with Crippen LogP contribution in [-0.2, 0) is 6.18 Å². The summed E-state index contributed by atoms with van der Waals surface area (Å²) in [6, 6.07) is 3.51. The zero-order chi connectivity index (χ0) is 15.1. The average Bonchev–Trinajstić information content (AvgIpc) is 2.77. The first-order valence-electron chi connectivity index (χ1n) is 5.76. The molecule has 0 amide bonds. The van der Waals surface area contributed by atoms with E-state index in [1.165, 1.54) is 7.05 Å². The van der Waals surface area contributed by atoms with Crippen LogP contribution in [0.3, 0.4) is 0 Å². The van der Waals surface area contributed by atoms with Gasteiger partial charge in [-0.3, -0.25) is 0 Å². The number of nitrogens with one attached hydrogen (secondary N) is 1. The lowest BCUT2D eigenvalue weighted by atomic mass is 10.1. The fourth-order valence-electron chi connectivity index (χ4n) is 1.82. The summed E-state index contributed by atoms with van der Waals surface area (Å²) in [6.45, 7) is 3.67. The smallest absolute Gasteiger partial charge is 0.357 e. The van der Waals surface area contributed by atoms with Crippen LogP contribution in [-0.4, -0.2) is 21.8 Å². The maximum atomic E-state index is 12.7. The van der Waals surface area contributed by atoms with Crippen molar-refractivity contribution in [3.8, 4) is 5.69 Å². The second-order valence-electron chi connectivity index (χ2n) is 4.34. The largest absolute Gasteiger partial charge is 0.453 e. The zero-order valence-corrected chi connectivity index (χ0v) is 12.0. The number of aromatic nitrogens is 3. The second-order valence-corrected chi connectivity index (χ2v) is 4.83. The molecule has 1 heterocycles. The van der Waals surface area contributed by atoms with E-state index in [2.05, 4.69) is 28.0 Å². The normalized spacial score (nSPS) is 11.8. The van der Waals surface area contributed by atoms with Crippen molar-refractivity contribution in [3.63, 3.8) is 0 Å². The van der Waals surface area contributed by atoms with E-state index in [-0.39, 0.29) is 5.95 Å². The molecule has 0 saturated carbocycles. The highest BCUT2D eigenvalue weighted by Crippen LogP contribution is 2.30. The maximum Gasteiger partial charge on any atom is 0.453 e. The third-order valence-electron chi connectivity index (χ3n) is 2.83. The van der Waals surface area contributed by atoms with Gasteiger partial charge in [-0.15, -0.1) is 17.7 Å². The van der Waals surface area contributed by atoms with Crippen LogP contribution in [0.15, 0.2) is 17.0 Å². The van der Waals surface area contributed by atoms with E-state index in [4.69, 9.17) is 0 Å². The number of hydrogen-bond donors (Lipinski definition) is 2. The molecule has 0 aliphatic carbocycles. The van der Waals surface area contributed by atoms with Crippen LogP contribution in [0, 0.1) is 13.8 Å². The van der Waals surface area contributed by atoms with Gasteiger partial charge in [0.1, 0.15) is 0 Å². The van der Waals surface area contributed by atoms with Gasteiger partial charge >= 0.3 is 6.18 Å². The molecule has 2 rings (SSSR count). The number of anilines is 1. The summed E-state index contributed by atoms with van der Waals surface area (Å²) in [5, 5.41) is 6.15. The Balaban J connectivity index is 2.63. The van der Waals surface area contributed by atoms with Gasteiger partial charge in [0.2, 0.25) is 5.95 Å². The fourth-order valence-corrected chi connectivity index (χ4v) is 2.01. The molecule has 0 aliphatic heterocycles. The van der Waals surface area contributed by atoms with Crippen LogP contribution in [0.1, 0.15) is 17.0 Å². The summed E-state index contributed by atoms with van der Waals surface area (Å²) in [5.41, 5.74) is 2.24. The molecule has 0 unspecified atom stereocenters. The SMILES string of the molecule is CNc1nc(C(F)(F)F)nn1-c1cc(S)c(C)cc1C. The molecule has 1 aromatic carbocycles. The molecule has 8 heteroatoms. The number of benzene rings is 1. The Morgan fingerprint density at radius 1 is 1.20 bits per heavy atom. The third-order valence-corrected chi connectivity index (χ3v) is 3.31. The molecule has 0 atom stereocenters. The Bertz CT molecular complexity index is 649. The quantitative estimate of drug-likeness (QED) is 0.837. The van der Waals surface area contributed by atoms with Gasteiger partial charge in [-0.1, -0.05) is 6.07 Å². The van der Waals surface area contributed by atoms with Gasteiger partial charge in [0, 0.05) is 11.9 Å². The van der Waals surface area contributed by atoms with Crippen LogP contribution in [0.2, 0.25) is 0 Å². The van der Waals surface area contributed by atoms with E-state index in [9.17, 15) is 13.2 Å². The molecule has 0 bridgehead atoms. The number of halogens is 3. The third kappa shape index (κ3) is 2.60. The Kier molecular flexibility index (Phi) is 3.68. The molecular formula is C12H13F3N4S. The molecule has 0 spiro atoms. The first-order chi connectivity index (χ1) is 9.24. The molecule has 20 heavy (non-hydrogen) atoms. The van der Waals surface area contributed by atoms with E-state index in [1.807, 2.05) is 13.0 Å². The second kappa shape index (κ2) is 5.01. The highest BCUT2D eigenvalue weighted by molar-refractivity contribution is 7.80. The summed E-state index contributed by atoms with van der Waals surface area (Å²) in [4.78, 5) is 4.14. The topological polar surface area (TPSA) is 42.7 Å². The Morgan fingerprint density at radius 3 is 2.40 bits per heavy atom. The van der Waals surface area contributed by atoms with Crippen molar-refractivity contribution >= 4 is 18.6 Å². The van der Waals surface area contributed by atoms with Crippen LogP contribution < -0.4 is 5.32 Å². The van der Waals surface area contributed by atoms with Crippen LogP contribution in [0.25, 0.3) is 5.69 Å². The van der Waals surface area contributed by atoms with Crippen molar-refractivity contribution in [3.05, 3.63) is 29.1 Å². The molecule has 0 radical (unpaired) electrons. The van der Waals surface area contributed by atoms with Gasteiger partial charge < -0.3 is 5.32 Å². The zero-order valence-electron chi connectivity index (χ0n) is 11.1. The Morgan fingerprint density at radius 2 is 1.85 bits per heavy atom. The highest BCUT2D eigenvalue weighted by atomic mass is 32.1. The summed E-state index contributed by atoms with van der Waals surface area (Å²) in [5.74, 6) is -1.15. The van der Waals surface area contributed by atoms with Crippen molar-refractivity contribution in [2.45, 2.75) is 24.9 Å². The van der Waals surface area contributed by atoms with Crippen molar-refractivity contribution < 1.29 is 13.2 Å². The minimum absolute atomic E-state index is 0.0250. The first kappa shape index (κ1) is 14.7. The lowest BCUT2D eigenvalue weighted by Gasteiger charge is -2.11. The molecule has 1 N–H and O–H groups in total. The predicted molar refractivity (Wildman–Crippen MR) is 72.6 cm³/mol. The number of aryl methyl sites for hydroxylation is 2. The summed E-state index contributed by atoms with van der Waals surface area (Å²) in [7, 11) is 1.49. The number of alkyl halides is 3. The van der Waals surface area contributed by atoms with Crippen molar-refractivity contribution in [2.75, 3.05) is 12.4 Å². The number of thiol groups is 1. The number of rotatable bonds is 2. The van der Waals surface area contributed by atoms with Crippen LogP contribution >= 0.6 is 12.6 Å². The molecule has 4 nitrogen and oxygen atoms in total.